The van der Waals surface area contributed by atoms with Crippen LogP contribution in [0.1, 0.15) is 33.1 Å². The van der Waals surface area contributed by atoms with E-state index in [1.807, 2.05) is 11.8 Å². The van der Waals surface area contributed by atoms with Crippen LogP contribution in [0.5, 0.6) is 0 Å². The van der Waals surface area contributed by atoms with Crippen molar-refractivity contribution < 1.29 is 0 Å². The Kier molecular flexibility index (Phi) is 7.35. The average molecular weight is 237 g/mol. The molecule has 0 amide bonds. The predicted octanol–water partition coefficient (Wildman–Crippen LogP) is 3.95. The molecule has 0 radical (unpaired) electrons. The van der Waals surface area contributed by atoms with Gasteiger partial charge in [0, 0.05) is 10.9 Å². The molecule has 0 atom stereocenters. The minimum Gasteiger partial charge on any atom is -0.314 e. The number of hydrogen-bond acceptors (Lipinski definition) is 2. The van der Waals surface area contributed by atoms with Crippen molar-refractivity contribution in [1.82, 2.24) is 5.32 Å². The largest absolute Gasteiger partial charge is 0.314 e. The first-order valence-electron chi connectivity index (χ1n) is 6.28. The van der Waals surface area contributed by atoms with E-state index in [1.54, 1.807) is 0 Å². The van der Waals surface area contributed by atoms with Gasteiger partial charge in [-0.2, -0.15) is 0 Å². The highest BCUT2D eigenvalue weighted by atomic mass is 32.2. The smallest absolute Gasteiger partial charge is 0.00719 e. The molecule has 1 aromatic rings. The second kappa shape index (κ2) is 8.66. The summed E-state index contributed by atoms with van der Waals surface area (Å²) in [5, 5.41) is 3.59. The van der Waals surface area contributed by atoms with Gasteiger partial charge < -0.3 is 5.32 Å². The molecule has 0 aliphatic rings. The number of benzene rings is 1. The standard InChI is InChI=1S/C14H23NS/c1-3-13(4-2)15-11-8-12-16-14-9-6-5-7-10-14/h5-7,9-10,13,15H,3-4,8,11-12H2,1-2H3. The molecule has 0 fully saturated rings. The molecule has 2 heteroatoms. The summed E-state index contributed by atoms with van der Waals surface area (Å²) in [4.78, 5) is 1.38. The van der Waals surface area contributed by atoms with Gasteiger partial charge in [0.25, 0.3) is 0 Å². The molecular formula is C14H23NS. The van der Waals surface area contributed by atoms with Crippen LogP contribution in [0.15, 0.2) is 35.2 Å². The molecular weight excluding hydrogens is 214 g/mol. The minimum atomic E-state index is 0.710. The monoisotopic (exact) mass is 237 g/mol. The number of nitrogens with one attached hydrogen (secondary N) is 1. The highest BCUT2D eigenvalue weighted by molar-refractivity contribution is 7.99. The minimum absolute atomic E-state index is 0.710. The molecule has 1 aromatic carbocycles. The van der Waals surface area contributed by atoms with Crippen LogP contribution >= 0.6 is 11.8 Å². The summed E-state index contributed by atoms with van der Waals surface area (Å²) in [6.45, 7) is 5.64. The topological polar surface area (TPSA) is 12.0 Å². The molecule has 1 rings (SSSR count). The van der Waals surface area contributed by atoms with Crippen LogP contribution in [0.4, 0.5) is 0 Å². The van der Waals surface area contributed by atoms with Gasteiger partial charge in [-0.25, -0.2) is 0 Å². The quantitative estimate of drug-likeness (QED) is 0.543. The Balaban J connectivity index is 2.04. The Morgan fingerprint density at radius 2 is 1.81 bits per heavy atom. The zero-order valence-electron chi connectivity index (χ0n) is 10.4. The van der Waals surface area contributed by atoms with Crippen molar-refractivity contribution in [2.45, 2.75) is 44.0 Å². The summed E-state index contributed by atoms with van der Waals surface area (Å²) in [7, 11) is 0. The van der Waals surface area contributed by atoms with Gasteiger partial charge in [0.2, 0.25) is 0 Å². The lowest BCUT2D eigenvalue weighted by Gasteiger charge is -2.14. The van der Waals surface area contributed by atoms with Crippen LogP contribution in [0.25, 0.3) is 0 Å². The molecule has 0 heterocycles. The summed E-state index contributed by atoms with van der Waals surface area (Å²) in [5.41, 5.74) is 0. The number of rotatable bonds is 8. The molecule has 16 heavy (non-hydrogen) atoms. The zero-order valence-corrected chi connectivity index (χ0v) is 11.2. The molecule has 0 spiro atoms. The second-order valence-electron chi connectivity index (χ2n) is 3.98. The van der Waals surface area contributed by atoms with Crippen LogP contribution in [0.3, 0.4) is 0 Å². The summed E-state index contributed by atoms with van der Waals surface area (Å²) < 4.78 is 0. The second-order valence-corrected chi connectivity index (χ2v) is 5.15. The number of thioether (sulfide) groups is 1. The first kappa shape index (κ1) is 13.6. The Morgan fingerprint density at radius 3 is 2.44 bits per heavy atom. The predicted molar refractivity (Wildman–Crippen MR) is 74.2 cm³/mol. The third-order valence-electron chi connectivity index (χ3n) is 2.75. The van der Waals surface area contributed by atoms with Gasteiger partial charge in [-0.05, 0) is 43.7 Å². The van der Waals surface area contributed by atoms with Crippen LogP contribution in [0, 0.1) is 0 Å². The van der Waals surface area contributed by atoms with Crippen molar-refractivity contribution in [3.63, 3.8) is 0 Å². The van der Waals surface area contributed by atoms with Crippen molar-refractivity contribution >= 4 is 11.8 Å². The molecule has 0 saturated heterocycles. The van der Waals surface area contributed by atoms with Gasteiger partial charge in [-0.3, -0.25) is 0 Å². The fraction of sp³-hybridized carbons (Fsp3) is 0.571. The van der Waals surface area contributed by atoms with Crippen molar-refractivity contribution in [3.8, 4) is 0 Å². The summed E-state index contributed by atoms with van der Waals surface area (Å²) in [6.07, 6.45) is 3.72. The first-order chi connectivity index (χ1) is 7.86. The van der Waals surface area contributed by atoms with Crippen LogP contribution in [-0.4, -0.2) is 18.3 Å². The molecule has 0 unspecified atom stereocenters. The van der Waals surface area contributed by atoms with E-state index in [1.165, 1.54) is 29.9 Å². The normalized spacial score (nSPS) is 10.9. The van der Waals surface area contributed by atoms with Crippen molar-refractivity contribution in [1.29, 1.82) is 0 Å². The zero-order chi connectivity index (χ0) is 11.6. The summed E-state index contributed by atoms with van der Waals surface area (Å²) >= 11 is 1.95. The molecule has 0 aliphatic carbocycles. The van der Waals surface area contributed by atoms with E-state index in [9.17, 15) is 0 Å². The van der Waals surface area contributed by atoms with Crippen molar-refractivity contribution in [2.24, 2.45) is 0 Å². The van der Waals surface area contributed by atoms with E-state index >= 15 is 0 Å². The van der Waals surface area contributed by atoms with E-state index in [0.717, 1.165) is 6.54 Å². The van der Waals surface area contributed by atoms with Crippen LogP contribution < -0.4 is 5.32 Å². The van der Waals surface area contributed by atoms with Gasteiger partial charge in [-0.1, -0.05) is 32.0 Å². The SMILES string of the molecule is CCC(CC)NCCCSc1ccccc1. The number of hydrogen-bond donors (Lipinski definition) is 1. The van der Waals surface area contributed by atoms with E-state index in [2.05, 4.69) is 49.5 Å². The molecule has 0 bridgehead atoms. The molecule has 1 nitrogen and oxygen atoms in total. The Morgan fingerprint density at radius 1 is 1.12 bits per heavy atom. The van der Waals surface area contributed by atoms with E-state index < -0.39 is 0 Å². The fourth-order valence-corrected chi connectivity index (χ4v) is 2.54. The molecule has 1 N–H and O–H groups in total. The van der Waals surface area contributed by atoms with E-state index in [0.29, 0.717) is 6.04 Å². The van der Waals surface area contributed by atoms with Crippen LogP contribution in [-0.2, 0) is 0 Å². The van der Waals surface area contributed by atoms with Gasteiger partial charge >= 0.3 is 0 Å². The third kappa shape index (κ3) is 5.57. The van der Waals surface area contributed by atoms with Crippen LogP contribution in [0.2, 0.25) is 0 Å². The maximum atomic E-state index is 3.59. The van der Waals surface area contributed by atoms with E-state index in [-0.39, 0.29) is 0 Å². The lowest BCUT2D eigenvalue weighted by Crippen LogP contribution is -2.28. The van der Waals surface area contributed by atoms with Crippen molar-refractivity contribution in [2.75, 3.05) is 12.3 Å². The first-order valence-corrected chi connectivity index (χ1v) is 7.26. The average Bonchev–Trinajstić information content (AvgIpc) is 2.35. The van der Waals surface area contributed by atoms with Gasteiger partial charge in [-0.15, -0.1) is 11.8 Å². The fourth-order valence-electron chi connectivity index (χ4n) is 1.66. The highest BCUT2D eigenvalue weighted by Crippen LogP contribution is 2.17. The lowest BCUT2D eigenvalue weighted by atomic mass is 10.2. The molecule has 0 aromatic heterocycles. The molecule has 90 valence electrons. The Bertz CT molecular complexity index is 257. The third-order valence-corrected chi connectivity index (χ3v) is 3.85. The van der Waals surface area contributed by atoms with Gasteiger partial charge in [0.05, 0.1) is 0 Å². The van der Waals surface area contributed by atoms with E-state index in [4.69, 9.17) is 0 Å². The Labute approximate surface area is 104 Å². The highest BCUT2D eigenvalue weighted by Gasteiger charge is 2.00. The Hall–Kier alpha value is -0.470. The molecule has 0 saturated carbocycles. The summed E-state index contributed by atoms with van der Waals surface area (Å²) in [5.74, 6) is 1.21. The van der Waals surface area contributed by atoms with Gasteiger partial charge in [0.1, 0.15) is 0 Å². The maximum Gasteiger partial charge on any atom is 0.00719 e. The summed E-state index contributed by atoms with van der Waals surface area (Å²) in [6, 6.07) is 11.3. The van der Waals surface area contributed by atoms with Gasteiger partial charge in [0.15, 0.2) is 0 Å². The molecule has 0 aliphatic heterocycles. The maximum absolute atomic E-state index is 3.59. The van der Waals surface area contributed by atoms with Crippen molar-refractivity contribution in [3.05, 3.63) is 30.3 Å². The lowest BCUT2D eigenvalue weighted by molar-refractivity contribution is 0.486.